The average Bonchev–Trinajstić information content (AvgIpc) is 3.16. The summed E-state index contributed by atoms with van der Waals surface area (Å²) in [6.07, 6.45) is -13.0. The first kappa shape index (κ1) is 44.8. The molecule has 10 N–H and O–H groups in total. The maximum Gasteiger partial charge on any atom is 0.331 e. The first-order valence-electron chi connectivity index (χ1n) is 17.4. The monoisotopic (exact) mass is 810 g/mol. The van der Waals surface area contributed by atoms with E-state index in [0.717, 1.165) is 6.08 Å². The molecule has 2 aromatic rings. The second-order valence-corrected chi connectivity index (χ2v) is 13.3. The molecule has 2 aromatic carbocycles. The maximum absolute atomic E-state index is 12.9. The summed E-state index contributed by atoms with van der Waals surface area (Å²) >= 11 is 0. The van der Waals surface area contributed by atoms with E-state index >= 15 is 0 Å². The molecule has 4 rings (SSSR count). The van der Waals surface area contributed by atoms with Crippen molar-refractivity contribution in [3.63, 3.8) is 0 Å². The van der Waals surface area contributed by atoms with Gasteiger partial charge in [-0.2, -0.15) is 0 Å². The predicted molar refractivity (Wildman–Crippen MR) is 190 cm³/mol. The average molecular weight is 811 g/mol. The van der Waals surface area contributed by atoms with E-state index in [2.05, 4.69) is 0 Å². The number of aliphatic hydroxyl groups excluding tert-OH is 7. The summed E-state index contributed by atoms with van der Waals surface area (Å²) in [5.74, 6) is -4.19. The van der Waals surface area contributed by atoms with Gasteiger partial charge in [-0.1, -0.05) is 18.2 Å². The number of aliphatic hydroxyl groups is 7. The van der Waals surface area contributed by atoms with Gasteiger partial charge in [0.25, 0.3) is 0 Å². The lowest BCUT2D eigenvalue weighted by molar-refractivity contribution is -0.326. The molecule has 0 aromatic heterocycles. The Bertz CT molecular complexity index is 1730. The van der Waals surface area contributed by atoms with Gasteiger partial charge in [0.05, 0.1) is 38.8 Å². The van der Waals surface area contributed by atoms with Gasteiger partial charge in [0.1, 0.15) is 55.1 Å². The van der Waals surface area contributed by atoms with Crippen LogP contribution in [0, 0.1) is 0 Å². The number of carboxylic acids is 1. The first-order valence-corrected chi connectivity index (χ1v) is 17.4. The lowest BCUT2D eigenvalue weighted by atomic mass is 9.95. The van der Waals surface area contributed by atoms with Crippen LogP contribution in [0.5, 0.6) is 23.0 Å². The molecule has 20 heteroatoms. The SMILES string of the molecule is COc1cc(C=CCOC(=O)C[C@](C)(CC(=O)O)O[C@@H]2O[C@H](CO)[C@@H](OC(=O)C=Cc3ccc(O)cc3)[C@H](O)[C@H]2O)cc(O)c1O[C@@H]1O[C@H](CO)[C@@H](O)[C@H](O)[C@H]1O. The zero-order valence-corrected chi connectivity index (χ0v) is 30.6. The Morgan fingerprint density at radius 3 is 2.09 bits per heavy atom. The van der Waals surface area contributed by atoms with Gasteiger partial charge in [0, 0.05) is 6.08 Å². The number of hydrogen-bond acceptors (Lipinski definition) is 19. The van der Waals surface area contributed by atoms with Crippen LogP contribution in [-0.2, 0) is 38.1 Å². The number of ether oxygens (including phenoxy) is 7. The van der Waals surface area contributed by atoms with Crippen molar-refractivity contribution < 1.29 is 98.6 Å². The van der Waals surface area contributed by atoms with Crippen LogP contribution in [0.25, 0.3) is 12.2 Å². The smallest absolute Gasteiger partial charge is 0.331 e. The fourth-order valence-corrected chi connectivity index (χ4v) is 5.90. The van der Waals surface area contributed by atoms with Crippen molar-refractivity contribution in [3.05, 3.63) is 59.7 Å². The normalized spacial score (nSPS) is 28.8. The summed E-state index contributed by atoms with van der Waals surface area (Å²) in [5.41, 5.74) is -1.07. The molecule has 0 radical (unpaired) electrons. The van der Waals surface area contributed by atoms with Crippen LogP contribution in [0.3, 0.4) is 0 Å². The second-order valence-electron chi connectivity index (χ2n) is 13.3. The van der Waals surface area contributed by atoms with Gasteiger partial charge in [-0.05, 0) is 54.5 Å². The molecule has 0 saturated carbocycles. The van der Waals surface area contributed by atoms with Gasteiger partial charge in [0.2, 0.25) is 12.0 Å². The Hall–Kier alpha value is -4.87. The predicted octanol–water partition coefficient (Wildman–Crippen LogP) is -1.45. The number of benzene rings is 2. The van der Waals surface area contributed by atoms with Gasteiger partial charge in [-0.3, -0.25) is 9.59 Å². The fraction of sp³-hybridized carbons (Fsp3) is 0.486. The lowest BCUT2D eigenvalue weighted by Gasteiger charge is -2.44. The van der Waals surface area contributed by atoms with E-state index in [4.69, 9.17) is 33.2 Å². The van der Waals surface area contributed by atoms with Crippen molar-refractivity contribution >= 4 is 30.1 Å². The summed E-state index contributed by atoms with van der Waals surface area (Å²) in [5, 5.41) is 101. The fourth-order valence-electron chi connectivity index (χ4n) is 5.90. The van der Waals surface area contributed by atoms with E-state index in [0.29, 0.717) is 11.1 Å². The molecular formula is C37H46O20. The molecule has 314 valence electrons. The molecule has 2 fully saturated rings. The van der Waals surface area contributed by atoms with Crippen LogP contribution in [0.15, 0.2) is 48.6 Å². The molecule has 2 heterocycles. The third-order valence-electron chi connectivity index (χ3n) is 8.83. The number of esters is 2. The first-order chi connectivity index (χ1) is 27.0. The standard InChI is InChI=1S/C37H46O20/c1-37(14-25(42)43,57-36-32(50)30(48)34(24(17-39)54-36)55-26(44)10-7-18-5-8-20(40)9-6-18)15-27(45)52-11-3-4-19-12-21(41)33(22(13-19)51-2)56-35-31(49)29(47)28(46)23(16-38)53-35/h3-10,12-13,23-24,28-32,34-36,38-41,46-50H,11,14-17H2,1-2H3,(H,42,43)/t23-,24-,28-,29+,30-,31-,32-,34-,35+,36+,37+/m1/s1. The number of carboxylic acid groups (broad SMARTS) is 1. The summed E-state index contributed by atoms with van der Waals surface area (Å²) in [7, 11) is 1.25. The highest BCUT2D eigenvalue weighted by Crippen LogP contribution is 2.40. The minimum Gasteiger partial charge on any atom is -0.508 e. The zero-order chi connectivity index (χ0) is 42.0. The Morgan fingerprint density at radius 1 is 0.807 bits per heavy atom. The van der Waals surface area contributed by atoms with Crippen LogP contribution in [0.4, 0.5) is 0 Å². The lowest BCUT2D eigenvalue weighted by Crippen LogP contribution is -2.61. The van der Waals surface area contributed by atoms with E-state index in [1.54, 1.807) is 0 Å². The number of carbonyl (C=O) groups is 3. The zero-order valence-electron chi connectivity index (χ0n) is 30.6. The van der Waals surface area contributed by atoms with Crippen LogP contribution in [-0.4, -0.2) is 163 Å². The van der Waals surface area contributed by atoms with E-state index in [1.807, 2.05) is 0 Å². The number of rotatable bonds is 17. The third kappa shape index (κ3) is 11.8. The molecule has 0 amide bonds. The van der Waals surface area contributed by atoms with Crippen molar-refractivity contribution in [2.45, 2.75) is 86.8 Å². The second kappa shape index (κ2) is 20.0. The molecule has 2 aliphatic rings. The molecule has 0 bridgehead atoms. The molecule has 2 aliphatic heterocycles. The molecule has 57 heavy (non-hydrogen) atoms. The molecule has 11 atom stereocenters. The van der Waals surface area contributed by atoms with Crippen LogP contribution in [0.2, 0.25) is 0 Å². The molecule has 0 spiro atoms. The minimum absolute atomic E-state index is 0.00991. The van der Waals surface area contributed by atoms with Crippen molar-refractivity contribution in [3.8, 4) is 23.0 Å². The number of aromatic hydroxyl groups is 2. The van der Waals surface area contributed by atoms with Crippen molar-refractivity contribution in [2.75, 3.05) is 26.9 Å². The Labute approximate surface area is 324 Å². The van der Waals surface area contributed by atoms with Gasteiger partial charge < -0.3 is 84.2 Å². The molecule has 20 nitrogen and oxygen atoms in total. The number of phenols is 2. The summed E-state index contributed by atoms with van der Waals surface area (Å²) < 4.78 is 37.8. The van der Waals surface area contributed by atoms with E-state index in [9.17, 15) is 65.4 Å². The van der Waals surface area contributed by atoms with Gasteiger partial charge in [-0.25, -0.2) is 4.79 Å². The van der Waals surface area contributed by atoms with Crippen molar-refractivity contribution in [1.29, 1.82) is 0 Å². The van der Waals surface area contributed by atoms with Gasteiger partial charge in [0.15, 0.2) is 23.9 Å². The van der Waals surface area contributed by atoms with Crippen molar-refractivity contribution in [1.82, 2.24) is 0 Å². The molecule has 2 saturated heterocycles. The van der Waals surface area contributed by atoms with Crippen LogP contribution < -0.4 is 9.47 Å². The molecule has 0 aliphatic carbocycles. The Morgan fingerprint density at radius 2 is 1.46 bits per heavy atom. The number of methoxy groups -OCH3 is 1. The number of carbonyl (C=O) groups excluding carboxylic acids is 2. The van der Waals surface area contributed by atoms with E-state index in [-0.39, 0.29) is 23.9 Å². The van der Waals surface area contributed by atoms with Crippen molar-refractivity contribution in [2.24, 2.45) is 0 Å². The third-order valence-corrected chi connectivity index (χ3v) is 8.83. The maximum atomic E-state index is 12.9. The van der Waals surface area contributed by atoms with E-state index < -0.39 is 117 Å². The summed E-state index contributed by atoms with van der Waals surface area (Å²) in [6.45, 7) is -0.676. The molecular weight excluding hydrogens is 764 g/mol. The number of phenolic OH excluding ortho intramolecular Hbond substituents is 2. The summed E-state index contributed by atoms with van der Waals surface area (Å²) in [6, 6.07) is 8.41. The Balaban J connectivity index is 1.35. The van der Waals surface area contributed by atoms with E-state index in [1.165, 1.54) is 68.7 Å². The molecule has 0 unspecified atom stereocenters. The topological polar surface area (TPSA) is 318 Å². The highest BCUT2D eigenvalue weighted by Gasteiger charge is 2.50. The summed E-state index contributed by atoms with van der Waals surface area (Å²) in [4.78, 5) is 37.1. The highest BCUT2D eigenvalue weighted by molar-refractivity contribution is 5.87. The quantitative estimate of drug-likeness (QED) is 0.0645. The number of aliphatic carboxylic acids is 1. The largest absolute Gasteiger partial charge is 0.508 e. The van der Waals surface area contributed by atoms with Crippen LogP contribution in [0.1, 0.15) is 30.9 Å². The van der Waals surface area contributed by atoms with Crippen LogP contribution >= 0.6 is 0 Å². The highest BCUT2D eigenvalue weighted by atomic mass is 16.7. The van der Waals surface area contributed by atoms with Gasteiger partial charge in [-0.15, -0.1) is 0 Å². The number of hydrogen-bond donors (Lipinski definition) is 10. The Kier molecular flexibility index (Phi) is 15.7. The minimum atomic E-state index is -1.94. The van der Waals surface area contributed by atoms with Gasteiger partial charge >= 0.3 is 17.9 Å².